The highest BCUT2D eigenvalue weighted by molar-refractivity contribution is 5.81. The highest BCUT2D eigenvalue weighted by atomic mass is 16.3. The van der Waals surface area contributed by atoms with Gasteiger partial charge in [-0.3, -0.25) is 0 Å². The van der Waals surface area contributed by atoms with E-state index < -0.39 is 0 Å². The van der Waals surface area contributed by atoms with Gasteiger partial charge in [0, 0.05) is 23.4 Å². The molecule has 0 radical (unpaired) electrons. The van der Waals surface area contributed by atoms with E-state index in [-0.39, 0.29) is 0 Å². The normalized spacial score (nSPS) is 32.1. The summed E-state index contributed by atoms with van der Waals surface area (Å²) in [7, 11) is 0. The summed E-state index contributed by atoms with van der Waals surface area (Å²) < 4.78 is 5.69. The molecule has 2 aromatic rings. The second-order valence-electron chi connectivity index (χ2n) is 5.43. The molecule has 0 amide bonds. The summed E-state index contributed by atoms with van der Waals surface area (Å²) in [6.45, 7) is 3.84. The van der Waals surface area contributed by atoms with Crippen molar-refractivity contribution < 1.29 is 4.42 Å². The highest BCUT2D eigenvalue weighted by Gasteiger charge is 2.36. The first-order chi connectivity index (χ1) is 8.42. The first kappa shape index (κ1) is 9.72. The summed E-state index contributed by atoms with van der Waals surface area (Å²) in [4.78, 5) is 2.60. The zero-order chi connectivity index (χ0) is 11.2. The van der Waals surface area contributed by atoms with Gasteiger partial charge in [0.25, 0.3) is 0 Å². The van der Waals surface area contributed by atoms with E-state index in [0.717, 1.165) is 11.5 Å². The van der Waals surface area contributed by atoms with E-state index in [9.17, 15) is 0 Å². The van der Waals surface area contributed by atoms with Crippen LogP contribution in [0.25, 0.3) is 11.0 Å². The monoisotopic (exact) mass is 227 g/mol. The minimum atomic E-state index is 0.696. The quantitative estimate of drug-likeness (QED) is 0.743. The predicted molar refractivity (Wildman–Crippen MR) is 68.1 cm³/mol. The number of fused-ring (bicyclic) bond motifs is 4. The molecule has 88 valence electrons. The second-order valence-corrected chi connectivity index (χ2v) is 5.43. The van der Waals surface area contributed by atoms with Gasteiger partial charge in [0.15, 0.2) is 0 Å². The third-order valence-corrected chi connectivity index (χ3v) is 4.57. The van der Waals surface area contributed by atoms with Gasteiger partial charge in [-0.05, 0) is 37.9 Å². The average molecular weight is 227 g/mol. The number of hydrogen-bond acceptors (Lipinski definition) is 2. The number of furan rings is 1. The van der Waals surface area contributed by atoms with Crippen LogP contribution in [0.1, 0.15) is 24.3 Å². The molecule has 2 bridgehead atoms. The van der Waals surface area contributed by atoms with Crippen molar-refractivity contribution >= 4 is 11.0 Å². The standard InChI is InChI=1S/C15H17NO/c1-2-4-15-12(3-1)14(10-17-15)13-9-16-7-5-11(13)6-8-16/h1-4,10-11,13H,5-9H2. The van der Waals surface area contributed by atoms with Gasteiger partial charge in [0.05, 0.1) is 6.26 Å². The molecular formula is C15H17NO. The molecule has 2 nitrogen and oxygen atoms in total. The van der Waals surface area contributed by atoms with Crippen molar-refractivity contribution in [1.82, 2.24) is 4.90 Å². The number of para-hydroxylation sites is 1. The van der Waals surface area contributed by atoms with Crippen LogP contribution >= 0.6 is 0 Å². The molecule has 0 N–H and O–H groups in total. The fraction of sp³-hybridized carbons (Fsp3) is 0.467. The Balaban J connectivity index is 1.79. The third-order valence-electron chi connectivity index (χ3n) is 4.57. The number of piperidine rings is 3. The summed E-state index contributed by atoms with van der Waals surface area (Å²) in [5, 5.41) is 1.33. The Labute approximate surface area is 101 Å². The van der Waals surface area contributed by atoms with Crippen LogP contribution in [0.5, 0.6) is 0 Å². The van der Waals surface area contributed by atoms with E-state index in [2.05, 4.69) is 23.1 Å². The molecule has 3 saturated heterocycles. The van der Waals surface area contributed by atoms with Crippen LogP contribution in [0.2, 0.25) is 0 Å². The van der Waals surface area contributed by atoms with Crippen LogP contribution in [0.3, 0.4) is 0 Å². The lowest BCUT2D eigenvalue weighted by Crippen LogP contribution is -2.46. The number of hydrogen-bond donors (Lipinski definition) is 0. The van der Waals surface area contributed by atoms with Crippen molar-refractivity contribution in [2.75, 3.05) is 19.6 Å². The molecule has 0 saturated carbocycles. The zero-order valence-electron chi connectivity index (χ0n) is 9.93. The summed E-state index contributed by atoms with van der Waals surface area (Å²) in [6.07, 6.45) is 4.73. The summed E-state index contributed by atoms with van der Waals surface area (Å²) in [5.41, 5.74) is 2.48. The number of rotatable bonds is 1. The maximum absolute atomic E-state index is 5.69. The van der Waals surface area contributed by atoms with Gasteiger partial charge in [-0.2, -0.15) is 0 Å². The van der Waals surface area contributed by atoms with Crippen molar-refractivity contribution in [2.45, 2.75) is 18.8 Å². The lowest BCUT2D eigenvalue weighted by Gasteiger charge is -2.44. The van der Waals surface area contributed by atoms with Crippen LogP contribution in [-0.2, 0) is 0 Å². The van der Waals surface area contributed by atoms with Crippen LogP contribution < -0.4 is 0 Å². The van der Waals surface area contributed by atoms with Crippen molar-refractivity contribution in [2.24, 2.45) is 5.92 Å². The van der Waals surface area contributed by atoms with Crippen molar-refractivity contribution in [3.63, 3.8) is 0 Å². The molecule has 1 atom stereocenters. The van der Waals surface area contributed by atoms with Gasteiger partial charge in [-0.1, -0.05) is 18.2 Å². The highest BCUT2D eigenvalue weighted by Crippen LogP contribution is 2.41. The molecule has 0 spiro atoms. The first-order valence-corrected chi connectivity index (χ1v) is 6.60. The largest absolute Gasteiger partial charge is 0.464 e. The predicted octanol–water partition coefficient (Wildman–Crippen LogP) is 3.24. The Morgan fingerprint density at radius 2 is 1.94 bits per heavy atom. The van der Waals surface area contributed by atoms with Gasteiger partial charge >= 0.3 is 0 Å². The SMILES string of the molecule is c1ccc2c(C3CN4CCC3CC4)coc2c1. The van der Waals surface area contributed by atoms with Crippen LogP contribution in [0, 0.1) is 5.92 Å². The van der Waals surface area contributed by atoms with E-state index in [1.807, 2.05) is 12.3 Å². The van der Waals surface area contributed by atoms with Crippen molar-refractivity contribution in [1.29, 1.82) is 0 Å². The lowest BCUT2D eigenvalue weighted by atomic mass is 9.75. The van der Waals surface area contributed by atoms with Gasteiger partial charge < -0.3 is 9.32 Å². The van der Waals surface area contributed by atoms with E-state index in [1.165, 1.54) is 43.4 Å². The molecule has 3 fully saturated rings. The fourth-order valence-electron chi connectivity index (χ4n) is 3.60. The van der Waals surface area contributed by atoms with Crippen LogP contribution in [0.15, 0.2) is 34.9 Å². The van der Waals surface area contributed by atoms with Crippen molar-refractivity contribution in [3.8, 4) is 0 Å². The summed E-state index contributed by atoms with van der Waals surface area (Å²) in [5.74, 6) is 1.57. The molecule has 2 heteroatoms. The maximum Gasteiger partial charge on any atom is 0.134 e. The smallest absolute Gasteiger partial charge is 0.134 e. The Kier molecular flexibility index (Phi) is 2.06. The zero-order valence-corrected chi connectivity index (χ0v) is 9.93. The van der Waals surface area contributed by atoms with E-state index in [1.54, 1.807) is 0 Å². The Morgan fingerprint density at radius 1 is 1.12 bits per heavy atom. The van der Waals surface area contributed by atoms with Crippen LogP contribution in [0.4, 0.5) is 0 Å². The van der Waals surface area contributed by atoms with Gasteiger partial charge in [0.2, 0.25) is 0 Å². The van der Waals surface area contributed by atoms with Crippen molar-refractivity contribution in [3.05, 3.63) is 36.1 Å². The maximum atomic E-state index is 5.69. The molecule has 3 aliphatic heterocycles. The third kappa shape index (κ3) is 1.44. The molecule has 3 aliphatic rings. The van der Waals surface area contributed by atoms with Crippen LogP contribution in [-0.4, -0.2) is 24.5 Å². The minimum Gasteiger partial charge on any atom is -0.464 e. The van der Waals surface area contributed by atoms with E-state index in [0.29, 0.717) is 5.92 Å². The Hall–Kier alpha value is -1.28. The molecule has 5 rings (SSSR count). The average Bonchev–Trinajstić information content (AvgIpc) is 2.84. The van der Waals surface area contributed by atoms with Gasteiger partial charge in [0.1, 0.15) is 5.58 Å². The first-order valence-electron chi connectivity index (χ1n) is 6.60. The van der Waals surface area contributed by atoms with E-state index >= 15 is 0 Å². The number of nitrogens with zero attached hydrogens (tertiary/aromatic N) is 1. The summed E-state index contributed by atoms with van der Waals surface area (Å²) >= 11 is 0. The molecule has 1 unspecified atom stereocenters. The Morgan fingerprint density at radius 3 is 2.71 bits per heavy atom. The fourth-order valence-corrected chi connectivity index (χ4v) is 3.60. The molecule has 1 aromatic carbocycles. The van der Waals surface area contributed by atoms with Gasteiger partial charge in [-0.25, -0.2) is 0 Å². The molecule has 0 aliphatic carbocycles. The number of benzene rings is 1. The topological polar surface area (TPSA) is 16.4 Å². The lowest BCUT2D eigenvalue weighted by molar-refractivity contribution is 0.0873. The minimum absolute atomic E-state index is 0.696. The molecule has 4 heterocycles. The van der Waals surface area contributed by atoms with E-state index in [4.69, 9.17) is 4.42 Å². The summed E-state index contributed by atoms with van der Waals surface area (Å²) in [6, 6.07) is 8.43. The molecular weight excluding hydrogens is 210 g/mol. The second kappa shape index (κ2) is 3.61. The molecule has 1 aromatic heterocycles. The Bertz CT molecular complexity index is 537. The molecule has 17 heavy (non-hydrogen) atoms. The van der Waals surface area contributed by atoms with Gasteiger partial charge in [-0.15, -0.1) is 0 Å².